The SMILES string of the molecule is O=C(COC(=O)c1ccc(N2CCOCC2)c([N+](=O)[O-])c1)Nc1ccccc1C(=O)c1ccccc1. The number of amides is 1. The second kappa shape index (κ2) is 11.2. The number of nitro groups is 1. The first-order chi connectivity index (χ1) is 17.4. The first-order valence-electron chi connectivity index (χ1n) is 11.2. The zero-order valence-corrected chi connectivity index (χ0v) is 19.2. The Labute approximate surface area is 206 Å². The predicted molar refractivity (Wildman–Crippen MR) is 131 cm³/mol. The van der Waals surface area contributed by atoms with Gasteiger partial charge in [0.05, 0.1) is 29.4 Å². The molecule has 0 aliphatic carbocycles. The van der Waals surface area contributed by atoms with Crippen LogP contribution in [0.15, 0.2) is 72.8 Å². The molecule has 36 heavy (non-hydrogen) atoms. The summed E-state index contributed by atoms with van der Waals surface area (Å²) >= 11 is 0. The topological polar surface area (TPSA) is 128 Å². The fourth-order valence-corrected chi connectivity index (χ4v) is 3.80. The second-order valence-corrected chi connectivity index (χ2v) is 7.93. The number of hydrogen-bond acceptors (Lipinski definition) is 8. The van der Waals surface area contributed by atoms with Crippen LogP contribution in [-0.2, 0) is 14.3 Å². The number of para-hydroxylation sites is 1. The summed E-state index contributed by atoms with van der Waals surface area (Å²) in [6, 6.07) is 19.2. The zero-order valence-electron chi connectivity index (χ0n) is 19.2. The normalized spacial score (nSPS) is 13.1. The summed E-state index contributed by atoms with van der Waals surface area (Å²) in [5.74, 6) is -1.80. The third-order valence-corrected chi connectivity index (χ3v) is 5.58. The number of benzene rings is 3. The molecule has 3 aromatic rings. The second-order valence-electron chi connectivity index (χ2n) is 7.93. The molecule has 0 saturated carbocycles. The quantitative estimate of drug-likeness (QED) is 0.221. The molecule has 10 heteroatoms. The maximum Gasteiger partial charge on any atom is 0.338 e. The Morgan fingerprint density at radius 1 is 0.944 bits per heavy atom. The summed E-state index contributed by atoms with van der Waals surface area (Å²) in [7, 11) is 0. The smallest absolute Gasteiger partial charge is 0.338 e. The highest BCUT2D eigenvalue weighted by molar-refractivity contribution is 6.14. The van der Waals surface area contributed by atoms with Crippen molar-refractivity contribution in [2.75, 3.05) is 43.1 Å². The molecule has 1 N–H and O–H groups in total. The number of nitro benzene ring substituents is 1. The molecule has 0 spiro atoms. The lowest BCUT2D eigenvalue weighted by atomic mass is 10.0. The molecule has 1 heterocycles. The van der Waals surface area contributed by atoms with Gasteiger partial charge in [0.25, 0.3) is 11.6 Å². The van der Waals surface area contributed by atoms with Gasteiger partial charge in [-0.3, -0.25) is 19.7 Å². The van der Waals surface area contributed by atoms with Crippen LogP contribution < -0.4 is 10.2 Å². The van der Waals surface area contributed by atoms with Gasteiger partial charge in [0.15, 0.2) is 12.4 Å². The maximum absolute atomic E-state index is 12.8. The van der Waals surface area contributed by atoms with E-state index in [1.807, 2.05) is 4.90 Å². The van der Waals surface area contributed by atoms with Gasteiger partial charge >= 0.3 is 5.97 Å². The number of esters is 1. The number of rotatable bonds is 8. The van der Waals surface area contributed by atoms with Crippen LogP contribution in [0.25, 0.3) is 0 Å². The molecule has 0 aromatic heterocycles. The van der Waals surface area contributed by atoms with Crippen molar-refractivity contribution in [3.8, 4) is 0 Å². The van der Waals surface area contributed by atoms with Gasteiger partial charge in [0.2, 0.25) is 0 Å². The van der Waals surface area contributed by atoms with Crippen LogP contribution in [0, 0.1) is 10.1 Å². The van der Waals surface area contributed by atoms with Gasteiger partial charge in [0.1, 0.15) is 5.69 Å². The number of carbonyl (C=O) groups excluding carboxylic acids is 3. The van der Waals surface area contributed by atoms with E-state index in [0.717, 1.165) is 6.07 Å². The van der Waals surface area contributed by atoms with Crippen molar-refractivity contribution in [2.24, 2.45) is 0 Å². The van der Waals surface area contributed by atoms with Crippen molar-refractivity contribution in [2.45, 2.75) is 0 Å². The Bertz CT molecular complexity index is 1290. The van der Waals surface area contributed by atoms with Crippen LogP contribution in [0.4, 0.5) is 17.1 Å². The lowest BCUT2D eigenvalue weighted by Gasteiger charge is -2.28. The average Bonchev–Trinajstić information content (AvgIpc) is 2.92. The molecule has 0 bridgehead atoms. The number of hydrogen-bond donors (Lipinski definition) is 1. The molecular formula is C26H23N3O7. The monoisotopic (exact) mass is 489 g/mol. The predicted octanol–water partition coefficient (Wildman–Crippen LogP) is 3.46. The van der Waals surface area contributed by atoms with E-state index in [2.05, 4.69) is 5.32 Å². The van der Waals surface area contributed by atoms with Crippen LogP contribution in [0.1, 0.15) is 26.3 Å². The van der Waals surface area contributed by atoms with Gasteiger partial charge in [-0.15, -0.1) is 0 Å². The lowest BCUT2D eigenvalue weighted by Crippen LogP contribution is -2.36. The maximum atomic E-state index is 12.8. The summed E-state index contributed by atoms with van der Waals surface area (Å²) in [6.07, 6.45) is 0. The Morgan fingerprint density at radius 3 is 2.36 bits per heavy atom. The number of carbonyl (C=O) groups is 3. The third-order valence-electron chi connectivity index (χ3n) is 5.58. The fourth-order valence-electron chi connectivity index (χ4n) is 3.80. The molecule has 0 atom stereocenters. The number of ketones is 1. The van der Waals surface area contributed by atoms with E-state index in [4.69, 9.17) is 9.47 Å². The molecule has 0 unspecified atom stereocenters. The number of nitrogens with zero attached hydrogens (tertiary/aromatic N) is 2. The van der Waals surface area contributed by atoms with Gasteiger partial charge in [-0.2, -0.15) is 0 Å². The number of nitrogens with one attached hydrogen (secondary N) is 1. The minimum absolute atomic E-state index is 0.0498. The van der Waals surface area contributed by atoms with Crippen molar-refractivity contribution in [3.63, 3.8) is 0 Å². The molecule has 4 rings (SSSR count). The van der Waals surface area contributed by atoms with E-state index in [1.54, 1.807) is 54.6 Å². The minimum Gasteiger partial charge on any atom is -0.452 e. The van der Waals surface area contributed by atoms with Crippen LogP contribution in [0.5, 0.6) is 0 Å². The van der Waals surface area contributed by atoms with Gasteiger partial charge in [-0.05, 0) is 24.3 Å². The van der Waals surface area contributed by atoms with E-state index in [-0.39, 0.29) is 28.3 Å². The minimum atomic E-state index is -0.879. The summed E-state index contributed by atoms with van der Waals surface area (Å²) < 4.78 is 10.4. The van der Waals surface area contributed by atoms with Crippen molar-refractivity contribution in [1.29, 1.82) is 0 Å². The Morgan fingerprint density at radius 2 is 1.64 bits per heavy atom. The number of morpholine rings is 1. The first-order valence-corrected chi connectivity index (χ1v) is 11.2. The van der Waals surface area contributed by atoms with Crippen LogP contribution in [0.2, 0.25) is 0 Å². The van der Waals surface area contributed by atoms with Gasteiger partial charge in [-0.25, -0.2) is 4.79 Å². The first kappa shape index (κ1) is 24.6. The summed E-state index contributed by atoms with van der Waals surface area (Å²) in [5, 5.41) is 14.2. The zero-order chi connectivity index (χ0) is 25.5. The van der Waals surface area contributed by atoms with E-state index >= 15 is 0 Å². The molecule has 1 saturated heterocycles. The lowest BCUT2D eigenvalue weighted by molar-refractivity contribution is -0.384. The van der Waals surface area contributed by atoms with Crippen LogP contribution >= 0.6 is 0 Å². The van der Waals surface area contributed by atoms with Crippen molar-refractivity contribution in [3.05, 3.63) is 99.6 Å². The van der Waals surface area contributed by atoms with Gasteiger partial charge < -0.3 is 19.7 Å². The molecule has 10 nitrogen and oxygen atoms in total. The van der Waals surface area contributed by atoms with E-state index in [9.17, 15) is 24.5 Å². The van der Waals surface area contributed by atoms with Gasteiger partial charge in [0, 0.05) is 30.3 Å². The van der Waals surface area contributed by atoms with Crippen molar-refractivity contribution >= 4 is 34.7 Å². The molecule has 184 valence electrons. The molecule has 3 aromatic carbocycles. The van der Waals surface area contributed by atoms with Gasteiger partial charge in [-0.1, -0.05) is 42.5 Å². The molecule has 1 aliphatic rings. The molecular weight excluding hydrogens is 466 g/mol. The summed E-state index contributed by atoms with van der Waals surface area (Å²) in [5.41, 5.74) is 1.14. The third kappa shape index (κ3) is 5.73. The standard InChI is InChI=1S/C26H23N3O7/c30-24(27-21-9-5-4-8-20(21)25(31)18-6-2-1-3-7-18)17-36-26(32)19-10-11-22(23(16-19)29(33)34)28-12-14-35-15-13-28/h1-11,16H,12-15,17H2,(H,27,30). The summed E-state index contributed by atoms with van der Waals surface area (Å²) in [4.78, 5) is 50.7. The highest BCUT2D eigenvalue weighted by Gasteiger charge is 2.24. The van der Waals surface area contributed by atoms with Crippen LogP contribution in [-0.4, -0.2) is 55.5 Å². The molecule has 1 amide bonds. The number of ether oxygens (including phenoxy) is 2. The summed E-state index contributed by atoms with van der Waals surface area (Å²) in [6.45, 7) is 1.27. The van der Waals surface area contributed by atoms with E-state index in [1.165, 1.54) is 12.1 Å². The van der Waals surface area contributed by atoms with E-state index in [0.29, 0.717) is 37.6 Å². The number of anilines is 2. The molecule has 1 fully saturated rings. The largest absolute Gasteiger partial charge is 0.452 e. The average molecular weight is 489 g/mol. The van der Waals surface area contributed by atoms with Crippen molar-refractivity contribution < 1.29 is 28.8 Å². The molecule has 1 aliphatic heterocycles. The van der Waals surface area contributed by atoms with E-state index < -0.39 is 23.4 Å². The highest BCUT2D eigenvalue weighted by Crippen LogP contribution is 2.30. The van der Waals surface area contributed by atoms with Crippen LogP contribution in [0.3, 0.4) is 0 Å². The Kier molecular flexibility index (Phi) is 7.66. The fraction of sp³-hybridized carbons (Fsp3) is 0.192. The Hall–Kier alpha value is -4.57. The highest BCUT2D eigenvalue weighted by atomic mass is 16.6. The molecule has 0 radical (unpaired) electrons. The van der Waals surface area contributed by atoms with Crippen molar-refractivity contribution in [1.82, 2.24) is 0 Å². The Balaban J connectivity index is 1.41.